The number of carbonyl (C=O) groups is 1. The molecule has 3 aliphatic rings. The quantitative estimate of drug-likeness (QED) is 0.0244. The van der Waals surface area contributed by atoms with Crippen LogP contribution in [0.15, 0.2) is 157 Å². The van der Waals surface area contributed by atoms with Crippen LogP contribution in [-0.4, -0.2) is 135 Å². The molecule has 5 aromatic rings. The zero-order chi connectivity index (χ0) is 53.3. The van der Waals surface area contributed by atoms with E-state index in [9.17, 15) is 33.5 Å². The molecule has 406 valence electrons. The molecule has 3 saturated heterocycles. The van der Waals surface area contributed by atoms with Crippen molar-refractivity contribution in [3.05, 3.63) is 190 Å². The van der Waals surface area contributed by atoms with E-state index in [-0.39, 0.29) is 46.2 Å². The van der Waals surface area contributed by atoms with Crippen LogP contribution in [0.1, 0.15) is 34.7 Å². The first-order valence-electron chi connectivity index (χ1n) is 24.7. The number of nitrogens with zero attached hydrogens (tertiary/aromatic N) is 3. The summed E-state index contributed by atoms with van der Waals surface area (Å²) in [4.78, 5) is 16.2. The van der Waals surface area contributed by atoms with Crippen LogP contribution >= 0.6 is 0 Å². The summed E-state index contributed by atoms with van der Waals surface area (Å²) in [6, 6.07) is 45.3. The van der Waals surface area contributed by atoms with Gasteiger partial charge in [0.05, 0.1) is 58.9 Å². The molecular weight excluding hydrogens is 1010 g/mol. The van der Waals surface area contributed by atoms with E-state index in [4.69, 9.17) is 51.6 Å². The molecule has 3 aliphatic heterocycles. The maximum Gasteiger partial charge on any atom is 0.397 e. The van der Waals surface area contributed by atoms with Gasteiger partial charge in [0.2, 0.25) is 5.91 Å². The number of hydrogen-bond acceptors (Lipinski definition) is 17. The van der Waals surface area contributed by atoms with Crippen LogP contribution in [0.2, 0.25) is 0 Å². The highest BCUT2D eigenvalue weighted by atomic mass is 32.3. The smallest absolute Gasteiger partial charge is 0.387 e. The molecule has 0 saturated carbocycles. The Bertz CT molecular complexity index is 2690. The molecule has 5 aromatic carbocycles. The van der Waals surface area contributed by atoms with Crippen LogP contribution in [0.3, 0.4) is 0 Å². The maximum atomic E-state index is 13.2. The highest BCUT2D eigenvalue weighted by Crippen LogP contribution is 2.36. The molecule has 0 unspecified atom stereocenters. The third-order valence-electron chi connectivity index (χ3n) is 12.7. The molecular formula is C54H62N4O17S. The fourth-order valence-corrected chi connectivity index (χ4v) is 9.57. The minimum Gasteiger partial charge on any atom is -0.387 e. The number of benzene rings is 5. The Balaban J connectivity index is 1.17. The van der Waals surface area contributed by atoms with E-state index in [2.05, 4.69) is 15.3 Å². The molecule has 76 heavy (non-hydrogen) atoms. The lowest BCUT2D eigenvalue weighted by molar-refractivity contribution is -0.360. The second-order valence-corrected chi connectivity index (χ2v) is 19.3. The minimum atomic E-state index is -5.33. The van der Waals surface area contributed by atoms with E-state index in [0.29, 0.717) is 0 Å². The standard InChI is InChI=1S/C54H62N4O17S/c1-35(59)56-44-49(74-53-46(61)50(75-76(62,63)64)45(60)41(72-53)32-65-27-36-17-7-2-8-18-36)48(43(71-52(44)57-58-55)33-66-28-37-19-9-3-10-20-37)73-54-51(69-31-40-25-15-6-16-26-40)47(68-30-39-23-13-5-14-24-39)42(34-70-54)67-29-38-21-11-4-12-22-38/h2-26,41-54,60-61H,27-34H2,1H3,(H,56,59)(H,62,63,64)/t41-,42-,43-,44-,45+,46-,47-,48-,49-,50+,51+,52-,53+,54+/m1/s1. The lowest BCUT2D eigenvalue weighted by atomic mass is 9.94. The van der Waals surface area contributed by atoms with E-state index in [1.807, 2.05) is 127 Å². The van der Waals surface area contributed by atoms with Crippen molar-refractivity contribution in [2.75, 3.05) is 19.8 Å². The largest absolute Gasteiger partial charge is 0.397 e. The molecule has 14 atom stereocenters. The predicted molar refractivity (Wildman–Crippen MR) is 269 cm³/mol. The van der Waals surface area contributed by atoms with Crippen LogP contribution in [0.25, 0.3) is 10.4 Å². The molecule has 0 aliphatic carbocycles. The van der Waals surface area contributed by atoms with Gasteiger partial charge in [0.15, 0.2) is 18.8 Å². The van der Waals surface area contributed by atoms with Gasteiger partial charge < -0.3 is 62.9 Å². The second-order valence-electron chi connectivity index (χ2n) is 18.3. The number of hydrogen-bond donors (Lipinski definition) is 4. The van der Waals surface area contributed by atoms with Gasteiger partial charge in [-0.25, -0.2) is 4.18 Å². The third kappa shape index (κ3) is 16.2. The average molecular weight is 1070 g/mol. The maximum absolute atomic E-state index is 13.2. The number of aliphatic hydroxyl groups is 2. The number of azide groups is 1. The Morgan fingerprint density at radius 1 is 0.605 bits per heavy atom. The topological polar surface area (TPSA) is 274 Å². The van der Waals surface area contributed by atoms with Gasteiger partial charge in [-0.15, -0.1) is 0 Å². The third-order valence-corrected chi connectivity index (χ3v) is 13.2. The van der Waals surface area contributed by atoms with E-state index >= 15 is 0 Å². The Morgan fingerprint density at radius 2 is 1.07 bits per heavy atom. The zero-order valence-corrected chi connectivity index (χ0v) is 42.3. The van der Waals surface area contributed by atoms with Gasteiger partial charge in [-0.1, -0.05) is 157 Å². The number of ether oxygens (including phenoxy) is 10. The highest BCUT2D eigenvalue weighted by Gasteiger charge is 2.55. The monoisotopic (exact) mass is 1070 g/mol. The van der Waals surface area contributed by atoms with Gasteiger partial charge in [0.1, 0.15) is 61.0 Å². The molecule has 3 heterocycles. The summed E-state index contributed by atoms with van der Waals surface area (Å²) < 4.78 is 105. The molecule has 0 radical (unpaired) electrons. The van der Waals surface area contributed by atoms with Crippen molar-refractivity contribution in [2.24, 2.45) is 5.11 Å². The van der Waals surface area contributed by atoms with Crippen molar-refractivity contribution >= 4 is 16.3 Å². The van der Waals surface area contributed by atoms with Crippen molar-refractivity contribution in [1.29, 1.82) is 0 Å². The van der Waals surface area contributed by atoms with Gasteiger partial charge >= 0.3 is 10.4 Å². The summed E-state index contributed by atoms with van der Waals surface area (Å²) in [5.41, 5.74) is 14.0. The normalized spacial score (nSPS) is 28.7. The van der Waals surface area contributed by atoms with Crippen molar-refractivity contribution in [1.82, 2.24) is 5.32 Å². The Kier molecular flexibility index (Phi) is 20.8. The number of aliphatic hydroxyl groups excluding tert-OH is 2. The summed E-state index contributed by atoms with van der Waals surface area (Å²) in [6.07, 6.45) is -19.5. The summed E-state index contributed by atoms with van der Waals surface area (Å²) in [5.74, 6) is -0.635. The fourth-order valence-electron chi connectivity index (χ4n) is 9.06. The van der Waals surface area contributed by atoms with Crippen LogP contribution in [0, 0.1) is 0 Å². The highest BCUT2D eigenvalue weighted by molar-refractivity contribution is 7.80. The lowest BCUT2D eigenvalue weighted by Gasteiger charge is -2.50. The number of rotatable bonds is 25. The van der Waals surface area contributed by atoms with Gasteiger partial charge in [0.25, 0.3) is 0 Å². The van der Waals surface area contributed by atoms with Crippen molar-refractivity contribution < 1.29 is 79.5 Å². The van der Waals surface area contributed by atoms with E-state index < -0.39 is 109 Å². The van der Waals surface area contributed by atoms with Gasteiger partial charge in [-0.2, -0.15) is 8.42 Å². The number of nitrogens with one attached hydrogen (secondary N) is 1. The SMILES string of the molecule is CC(=O)N[C@@H]1[C@@H](O[C@@H]2O[C@H](COCc3ccccc3)[C@H](O)[C@H](OS(=O)(=O)O)[C@H]2O)[C@H](O[C@@H]2OC[C@@H](OCc3ccccc3)[C@@H](OCc3ccccc3)[C@@H]2OCc2ccccc2)[C@@H](COCc2ccccc2)O[C@H]1N=[N+]=[N-]. The van der Waals surface area contributed by atoms with E-state index in [0.717, 1.165) is 27.8 Å². The van der Waals surface area contributed by atoms with Crippen molar-refractivity contribution in [2.45, 2.75) is 126 Å². The van der Waals surface area contributed by atoms with Crippen LogP contribution in [0.4, 0.5) is 0 Å². The van der Waals surface area contributed by atoms with Gasteiger partial charge in [-0.05, 0) is 33.3 Å². The second kappa shape index (κ2) is 28.1. The molecule has 0 spiro atoms. The van der Waals surface area contributed by atoms with Gasteiger partial charge in [-0.3, -0.25) is 9.35 Å². The first-order chi connectivity index (χ1) is 36.9. The summed E-state index contributed by atoms with van der Waals surface area (Å²) in [5, 5.41) is 30.0. The van der Waals surface area contributed by atoms with E-state index in [1.54, 1.807) is 24.3 Å². The first kappa shape index (κ1) is 56.5. The van der Waals surface area contributed by atoms with Crippen LogP contribution in [0.5, 0.6) is 0 Å². The van der Waals surface area contributed by atoms with E-state index in [1.165, 1.54) is 6.92 Å². The Labute approximate surface area is 440 Å². The fraction of sp³-hybridized carbons (Fsp3) is 0.426. The Morgan fingerprint density at radius 3 is 1.55 bits per heavy atom. The zero-order valence-electron chi connectivity index (χ0n) is 41.5. The summed E-state index contributed by atoms with van der Waals surface area (Å²) >= 11 is 0. The molecule has 22 heteroatoms. The molecule has 1 amide bonds. The molecule has 4 N–H and O–H groups in total. The molecule has 0 bridgehead atoms. The predicted octanol–water partition coefficient (Wildman–Crippen LogP) is 5.48. The van der Waals surface area contributed by atoms with Crippen LogP contribution in [-0.2, 0) is 99.8 Å². The first-order valence-corrected chi connectivity index (χ1v) is 26.1. The van der Waals surface area contributed by atoms with Gasteiger partial charge in [0, 0.05) is 11.8 Å². The number of carbonyl (C=O) groups excluding carboxylic acids is 1. The van der Waals surface area contributed by atoms with Crippen molar-refractivity contribution in [3.63, 3.8) is 0 Å². The molecule has 0 aromatic heterocycles. The molecule has 8 rings (SSSR count). The Hall–Kier alpha value is -5.73. The summed E-state index contributed by atoms with van der Waals surface area (Å²) in [7, 11) is -5.33. The number of amides is 1. The lowest BCUT2D eigenvalue weighted by Crippen LogP contribution is -2.69. The minimum absolute atomic E-state index is 0.0351. The molecule has 21 nitrogen and oxygen atoms in total. The average Bonchev–Trinajstić information content (AvgIpc) is 3.43. The molecule has 3 fully saturated rings. The van der Waals surface area contributed by atoms with Crippen molar-refractivity contribution in [3.8, 4) is 0 Å². The summed E-state index contributed by atoms with van der Waals surface area (Å²) in [6.45, 7) is 0.951. The van der Waals surface area contributed by atoms with Crippen LogP contribution < -0.4 is 5.32 Å².